The Morgan fingerprint density at radius 2 is 2.06 bits per heavy atom. The quantitative estimate of drug-likeness (QED) is 0.536. The van der Waals surface area contributed by atoms with Gasteiger partial charge in [0.05, 0.1) is 24.3 Å². The Bertz CT molecular complexity index is 1330. The minimum Gasteiger partial charge on any atom is -0.357 e. The lowest BCUT2D eigenvalue weighted by atomic mass is 10.2. The summed E-state index contributed by atoms with van der Waals surface area (Å²) in [6, 6.07) is 4.57. The molecule has 0 atom stereocenters. The zero-order valence-electron chi connectivity index (χ0n) is 17.5. The van der Waals surface area contributed by atoms with E-state index in [4.69, 9.17) is 0 Å². The van der Waals surface area contributed by atoms with Crippen LogP contribution in [0.4, 0.5) is 10.1 Å². The number of hydrogen-bond acceptors (Lipinski definition) is 7. The largest absolute Gasteiger partial charge is 0.357 e. The summed E-state index contributed by atoms with van der Waals surface area (Å²) in [7, 11) is 1.43. The topological polar surface area (TPSA) is 120 Å². The van der Waals surface area contributed by atoms with Crippen molar-refractivity contribution < 1.29 is 14.0 Å². The Morgan fingerprint density at radius 1 is 1.28 bits per heavy atom. The molecule has 0 radical (unpaired) electrons. The van der Waals surface area contributed by atoms with Crippen LogP contribution in [0.25, 0.3) is 10.2 Å². The number of anilines is 1. The van der Waals surface area contributed by atoms with Gasteiger partial charge in [-0.2, -0.15) is 4.39 Å². The van der Waals surface area contributed by atoms with Crippen LogP contribution in [-0.4, -0.2) is 57.9 Å². The summed E-state index contributed by atoms with van der Waals surface area (Å²) < 4.78 is 16.0. The minimum absolute atomic E-state index is 0.0383. The first kappa shape index (κ1) is 21.7. The lowest BCUT2D eigenvalue weighted by Gasteiger charge is -2.35. The second-order valence-electron chi connectivity index (χ2n) is 7.26. The summed E-state index contributed by atoms with van der Waals surface area (Å²) in [5.41, 5.74) is -0.229. The summed E-state index contributed by atoms with van der Waals surface area (Å²) in [6.07, 6.45) is 0. The van der Waals surface area contributed by atoms with Gasteiger partial charge < -0.3 is 20.1 Å². The minimum atomic E-state index is -0.812. The number of carbonyl (C=O) groups excluding carboxylic acids is 2. The summed E-state index contributed by atoms with van der Waals surface area (Å²) >= 11 is 1.25. The maximum Gasteiger partial charge on any atom is 0.328 e. The molecule has 1 aliphatic heterocycles. The predicted octanol–water partition coefficient (Wildman–Crippen LogP) is 0.514. The van der Waals surface area contributed by atoms with Crippen molar-refractivity contribution in [3.05, 3.63) is 55.6 Å². The fourth-order valence-electron chi connectivity index (χ4n) is 3.64. The number of piperazine rings is 1. The molecule has 10 nitrogen and oxygen atoms in total. The van der Waals surface area contributed by atoms with Crippen LogP contribution in [0.2, 0.25) is 0 Å². The molecule has 1 fully saturated rings. The molecule has 0 bridgehead atoms. The first-order valence-electron chi connectivity index (χ1n) is 9.99. The van der Waals surface area contributed by atoms with Crippen LogP contribution in [0.15, 0.2) is 27.8 Å². The van der Waals surface area contributed by atoms with E-state index in [1.54, 1.807) is 22.8 Å². The average Bonchev–Trinajstić information content (AvgIpc) is 3.17. The maximum absolute atomic E-state index is 14.4. The highest BCUT2D eigenvalue weighted by Crippen LogP contribution is 2.24. The average molecular weight is 460 g/mol. The second-order valence-corrected chi connectivity index (χ2v) is 8.39. The summed E-state index contributed by atoms with van der Waals surface area (Å²) in [5, 5.41) is 2.38. The van der Waals surface area contributed by atoms with Crippen LogP contribution in [0, 0.1) is 5.95 Å². The highest BCUT2D eigenvalue weighted by Gasteiger charge is 2.27. The van der Waals surface area contributed by atoms with Crippen molar-refractivity contribution in [1.29, 1.82) is 0 Å². The molecule has 2 N–H and O–H groups in total. The van der Waals surface area contributed by atoms with E-state index < -0.39 is 17.5 Å². The van der Waals surface area contributed by atoms with Crippen LogP contribution < -0.4 is 21.5 Å². The lowest BCUT2D eigenvalue weighted by molar-refractivity contribution is -0.131. The molecule has 0 aromatic carbocycles. The number of rotatable bonds is 5. The van der Waals surface area contributed by atoms with Gasteiger partial charge in [0.15, 0.2) is 0 Å². The highest BCUT2D eigenvalue weighted by molar-refractivity contribution is 7.18. The Morgan fingerprint density at radius 3 is 2.72 bits per heavy atom. The number of pyridine rings is 1. The number of nitrogens with zero attached hydrogens (tertiary/aromatic N) is 4. The molecule has 3 aromatic heterocycles. The molecular formula is C20H21FN6O4S. The number of thiophene rings is 1. The van der Waals surface area contributed by atoms with Crippen LogP contribution in [0.1, 0.15) is 22.3 Å². The monoisotopic (exact) mass is 460 g/mol. The molecule has 1 aliphatic rings. The third-order valence-corrected chi connectivity index (χ3v) is 6.43. The van der Waals surface area contributed by atoms with Gasteiger partial charge in [-0.15, -0.1) is 11.3 Å². The Kier molecular flexibility index (Phi) is 5.78. The van der Waals surface area contributed by atoms with Crippen molar-refractivity contribution in [2.24, 2.45) is 0 Å². The van der Waals surface area contributed by atoms with E-state index in [1.807, 2.05) is 0 Å². The van der Waals surface area contributed by atoms with Gasteiger partial charge in [0, 0.05) is 31.6 Å². The van der Waals surface area contributed by atoms with Crippen molar-refractivity contribution in [1.82, 2.24) is 24.8 Å². The standard InChI is InChI=1S/C20H21FN6O4S/c1-3-27-19(30)16-13(24-20(27)31)8-11(32-16)9-26-7-6-25(10-15(26)28)14-5-4-12(18(29)22-2)23-17(14)21/h4-5,8H,3,6-7,9-10H2,1-2H3,(H,22,29)(H,24,31). The molecule has 12 heteroatoms. The first-order valence-corrected chi connectivity index (χ1v) is 10.8. The zero-order chi connectivity index (χ0) is 23.0. The van der Waals surface area contributed by atoms with E-state index in [0.717, 1.165) is 9.44 Å². The molecule has 3 aromatic rings. The van der Waals surface area contributed by atoms with Crippen LogP contribution >= 0.6 is 11.3 Å². The third-order valence-electron chi connectivity index (χ3n) is 5.32. The predicted molar refractivity (Wildman–Crippen MR) is 118 cm³/mol. The molecule has 0 saturated carbocycles. The normalized spacial score (nSPS) is 14.3. The number of hydrogen-bond donors (Lipinski definition) is 2. The van der Waals surface area contributed by atoms with Gasteiger partial charge in [0.2, 0.25) is 11.9 Å². The van der Waals surface area contributed by atoms with Gasteiger partial charge >= 0.3 is 5.69 Å². The lowest BCUT2D eigenvalue weighted by Crippen LogP contribution is -2.50. The molecule has 4 rings (SSSR count). The van der Waals surface area contributed by atoms with E-state index in [0.29, 0.717) is 23.3 Å². The van der Waals surface area contributed by atoms with Gasteiger partial charge in [-0.3, -0.25) is 19.0 Å². The van der Waals surface area contributed by atoms with Crippen LogP contribution in [0.5, 0.6) is 0 Å². The van der Waals surface area contributed by atoms with Crippen molar-refractivity contribution in [3.63, 3.8) is 0 Å². The Labute approximate surface area is 185 Å². The van der Waals surface area contributed by atoms with E-state index in [1.165, 1.54) is 30.5 Å². The van der Waals surface area contributed by atoms with Crippen LogP contribution in [0.3, 0.4) is 0 Å². The van der Waals surface area contributed by atoms with E-state index in [-0.39, 0.29) is 42.5 Å². The van der Waals surface area contributed by atoms with E-state index in [9.17, 15) is 23.6 Å². The Balaban J connectivity index is 1.49. The molecule has 0 spiro atoms. The number of fused-ring (bicyclic) bond motifs is 1. The second kappa shape index (κ2) is 8.54. The molecule has 168 valence electrons. The molecular weight excluding hydrogens is 439 g/mol. The molecule has 4 heterocycles. The van der Waals surface area contributed by atoms with Gasteiger partial charge in [-0.05, 0) is 25.1 Å². The molecule has 0 aliphatic carbocycles. The van der Waals surface area contributed by atoms with Crippen molar-refractivity contribution in [3.8, 4) is 0 Å². The maximum atomic E-state index is 14.4. The Hall–Kier alpha value is -3.54. The highest BCUT2D eigenvalue weighted by atomic mass is 32.1. The SMILES string of the molecule is CCn1c(=O)[nH]c2cc(CN3CCN(c4ccc(C(=O)NC)nc4F)CC3=O)sc2c1=O. The van der Waals surface area contributed by atoms with E-state index in [2.05, 4.69) is 15.3 Å². The fraction of sp³-hybridized carbons (Fsp3) is 0.350. The number of carbonyl (C=O) groups is 2. The van der Waals surface area contributed by atoms with Crippen molar-refractivity contribution in [2.45, 2.75) is 20.0 Å². The van der Waals surface area contributed by atoms with Gasteiger partial charge in [-0.25, -0.2) is 9.78 Å². The van der Waals surface area contributed by atoms with Gasteiger partial charge in [0.1, 0.15) is 10.4 Å². The van der Waals surface area contributed by atoms with Crippen molar-refractivity contribution >= 4 is 39.1 Å². The number of nitrogens with one attached hydrogen (secondary N) is 2. The van der Waals surface area contributed by atoms with Crippen molar-refractivity contribution in [2.75, 3.05) is 31.6 Å². The van der Waals surface area contributed by atoms with Gasteiger partial charge in [-0.1, -0.05) is 0 Å². The first-order chi connectivity index (χ1) is 15.3. The summed E-state index contributed by atoms with van der Waals surface area (Å²) in [4.78, 5) is 59.1. The molecule has 32 heavy (non-hydrogen) atoms. The summed E-state index contributed by atoms with van der Waals surface area (Å²) in [5.74, 6) is -1.51. The number of amides is 2. The summed E-state index contributed by atoms with van der Waals surface area (Å²) in [6.45, 7) is 2.97. The zero-order valence-corrected chi connectivity index (χ0v) is 18.3. The fourth-order valence-corrected chi connectivity index (χ4v) is 4.72. The number of aromatic amines is 1. The van der Waals surface area contributed by atoms with Crippen LogP contribution in [-0.2, 0) is 17.9 Å². The molecule has 2 amide bonds. The number of halogens is 1. The number of H-pyrrole nitrogens is 1. The molecule has 1 saturated heterocycles. The van der Waals surface area contributed by atoms with E-state index >= 15 is 0 Å². The molecule has 0 unspecified atom stereocenters. The third kappa shape index (κ3) is 3.88. The smallest absolute Gasteiger partial charge is 0.328 e. The number of aromatic nitrogens is 3. The van der Waals surface area contributed by atoms with Gasteiger partial charge in [0.25, 0.3) is 11.5 Å².